The van der Waals surface area contributed by atoms with E-state index >= 15 is 0 Å². The highest BCUT2D eigenvalue weighted by atomic mass is 35.5. The van der Waals surface area contributed by atoms with Crippen molar-refractivity contribution in [3.8, 4) is 0 Å². The van der Waals surface area contributed by atoms with Crippen LogP contribution in [-0.2, 0) is 4.79 Å². The first-order chi connectivity index (χ1) is 11.1. The van der Waals surface area contributed by atoms with Gasteiger partial charge in [0, 0.05) is 24.5 Å². The summed E-state index contributed by atoms with van der Waals surface area (Å²) >= 11 is 5.82. The molecule has 0 unspecified atom stereocenters. The van der Waals surface area contributed by atoms with Gasteiger partial charge in [0.2, 0.25) is 5.91 Å². The first kappa shape index (κ1) is 18.1. The highest BCUT2D eigenvalue weighted by Gasteiger charge is 2.35. The van der Waals surface area contributed by atoms with Crippen molar-refractivity contribution < 1.29 is 27.2 Å². The number of nitrogens with zero attached hydrogens (tertiary/aromatic N) is 2. The molecular formula is C15H14ClF3N2O3. The molecule has 0 saturated heterocycles. The highest BCUT2D eigenvalue weighted by molar-refractivity contribution is 6.31. The number of fused-ring (bicyclic) bond motifs is 1. The number of benzene rings is 1. The van der Waals surface area contributed by atoms with Crippen LogP contribution in [0.1, 0.15) is 10.6 Å². The van der Waals surface area contributed by atoms with E-state index in [4.69, 9.17) is 16.0 Å². The van der Waals surface area contributed by atoms with Gasteiger partial charge in [0.25, 0.3) is 5.91 Å². The summed E-state index contributed by atoms with van der Waals surface area (Å²) < 4.78 is 43.5. The largest absolute Gasteiger partial charge is 0.451 e. The van der Waals surface area contributed by atoms with Crippen molar-refractivity contribution in [1.82, 2.24) is 9.80 Å². The lowest BCUT2D eigenvalue weighted by atomic mass is 10.2. The van der Waals surface area contributed by atoms with E-state index in [9.17, 15) is 22.8 Å². The van der Waals surface area contributed by atoms with Crippen molar-refractivity contribution in [2.75, 3.05) is 27.2 Å². The van der Waals surface area contributed by atoms with Crippen LogP contribution in [0.3, 0.4) is 0 Å². The monoisotopic (exact) mass is 362 g/mol. The average Bonchev–Trinajstić information content (AvgIpc) is 2.87. The third kappa shape index (κ3) is 4.41. The maximum absolute atomic E-state index is 12.7. The van der Waals surface area contributed by atoms with Crippen molar-refractivity contribution in [2.45, 2.75) is 6.18 Å². The molecule has 0 spiro atoms. The number of likely N-dealkylation sites (N-methyl/N-ethyl adjacent to an activating group) is 1. The molecule has 0 fully saturated rings. The summed E-state index contributed by atoms with van der Waals surface area (Å²) in [6, 6.07) is 5.86. The molecule has 2 amide bonds. The predicted molar refractivity (Wildman–Crippen MR) is 81.9 cm³/mol. The maximum atomic E-state index is 12.7. The minimum absolute atomic E-state index is 0.289. The van der Waals surface area contributed by atoms with Crippen LogP contribution in [0.25, 0.3) is 11.0 Å². The molecule has 24 heavy (non-hydrogen) atoms. The first-order valence-corrected chi connectivity index (χ1v) is 7.20. The molecule has 1 aromatic heterocycles. The van der Waals surface area contributed by atoms with Gasteiger partial charge in [0.1, 0.15) is 18.7 Å². The zero-order valence-electron chi connectivity index (χ0n) is 12.9. The van der Waals surface area contributed by atoms with Crippen LogP contribution in [0.2, 0.25) is 5.02 Å². The van der Waals surface area contributed by atoms with Crippen LogP contribution in [0.4, 0.5) is 13.2 Å². The van der Waals surface area contributed by atoms with Crippen LogP contribution >= 0.6 is 11.6 Å². The average molecular weight is 363 g/mol. The van der Waals surface area contributed by atoms with Gasteiger partial charge in [-0.25, -0.2) is 0 Å². The smallest absolute Gasteiger partial charge is 0.406 e. The van der Waals surface area contributed by atoms with Crippen molar-refractivity contribution >= 4 is 34.4 Å². The third-order valence-electron chi connectivity index (χ3n) is 3.17. The molecular weight excluding hydrogens is 349 g/mol. The van der Waals surface area contributed by atoms with E-state index in [1.54, 1.807) is 0 Å². The zero-order chi connectivity index (χ0) is 18.1. The molecule has 0 aliphatic carbocycles. The summed E-state index contributed by atoms with van der Waals surface area (Å²) in [7, 11) is 2.78. The second kappa shape index (κ2) is 6.72. The van der Waals surface area contributed by atoms with Crippen molar-refractivity contribution in [2.24, 2.45) is 0 Å². The number of carbonyl (C=O) groups is 2. The number of hydrogen-bond donors (Lipinski definition) is 0. The van der Waals surface area contributed by atoms with E-state index in [1.165, 1.54) is 38.4 Å². The zero-order valence-corrected chi connectivity index (χ0v) is 13.6. The van der Waals surface area contributed by atoms with Gasteiger partial charge in [0.05, 0.1) is 0 Å². The molecule has 0 N–H and O–H groups in total. The fourth-order valence-corrected chi connectivity index (χ4v) is 2.18. The molecule has 9 heteroatoms. The Labute approximate surface area is 140 Å². The van der Waals surface area contributed by atoms with Crippen LogP contribution in [0.5, 0.6) is 0 Å². The number of rotatable bonds is 4. The SMILES string of the molecule is CN(C)C(=O)CN(CC(F)(F)F)C(=O)c1cc2cc(Cl)ccc2o1. The van der Waals surface area contributed by atoms with Crippen LogP contribution in [-0.4, -0.2) is 55.0 Å². The normalized spacial score (nSPS) is 11.6. The molecule has 0 aliphatic heterocycles. The molecule has 0 radical (unpaired) electrons. The Morgan fingerprint density at radius 2 is 1.88 bits per heavy atom. The number of hydrogen-bond acceptors (Lipinski definition) is 3. The summed E-state index contributed by atoms with van der Waals surface area (Å²) in [6.07, 6.45) is -4.64. The topological polar surface area (TPSA) is 53.8 Å². The summed E-state index contributed by atoms with van der Waals surface area (Å²) in [5.74, 6) is -1.94. The van der Waals surface area contributed by atoms with Gasteiger partial charge in [-0.15, -0.1) is 0 Å². The van der Waals surface area contributed by atoms with E-state index in [0.717, 1.165) is 4.90 Å². The van der Waals surface area contributed by atoms with Crippen LogP contribution in [0.15, 0.2) is 28.7 Å². The molecule has 5 nitrogen and oxygen atoms in total. The number of furan rings is 1. The fraction of sp³-hybridized carbons (Fsp3) is 0.333. The number of alkyl halides is 3. The Morgan fingerprint density at radius 1 is 1.21 bits per heavy atom. The van der Waals surface area contributed by atoms with E-state index in [2.05, 4.69) is 0 Å². The molecule has 0 aliphatic rings. The van der Waals surface area contributed by atoms with Crippen LogP contribution in [0, 0.1) is 0 Å². The lowest BCUT2D eigenvalue weighted by Crippen LogP contribution is -2.44. The Balaban J connectivity index is 2.32. The standard InChI is InChI=1S/C15H14ClF3N2O3/c1-20(2)13(22)7-21(8-15(17,18)19)14(23)12-6-9-5-10(16)3-4-11(9)24-12/h3-6H,7-8H2,1-2H3. The second-order valence-electron chi connectivity index (χ2n) is 5.36. The van der Waals surface area contributed by atoms with E-state index in [-0.39, 0.29) is 5.76 Å². The quantitative estimate of drug-likeness (QED) is 0.839. The summed E-state index contributed by atoms with van der Waals surface area (Å²) in [6.45, 7) is -2.26. The summed E-state index contributed by atoms with van der Waals surface area (Å²) in [5.41, 5.74) is 0.314. The van der Waals surface area contributed by atoms with E-state index in [1.807, 2.05) is 0 Å². The lowest BCUT2D eigenvalue weighted by molar-refractivity contribution is -0.146. The minimum Gasteiger partial charge on any atom is -0.451 e. The molecule has 2 rings (SSSR count). The van der Waals surface area contributed by atoms with Crippen molar-refractivity contribution in [3.05, 3.63) is 35.0 Å². The molecule has 0 bridgehead atoms. The fourth-order valence-electron chi connectivity index (χ4n) is 2.00. The molecule has 130 valence electrons. The van der Waals surface area contributed by atoms with Gasteiger partial charge in [-0.1, -0.05) is 11.6 Å². The van der Waals surface area contributed by atoms with Gasteiger partial charge < -0.3 is 14.2 Å². The maximum Gasteiger partial charge on any atom is 0.406 e. The van der Waals surface area contributed by atoms with E-state index < -0.39 is 31.1 Å². The predicted octanol–water partition coefficient (Wildman–Crippen LogP) is 3.18. The summed E-state index contributed by atoms with van der Waals surface area (Å²) in [5, 5.41) is 0.883. The van der Waals surface area contributed by atoms with E-state index in [0.29, 0.717) is 20.9 Å². The van der Waals surface area contributed by atoms with Gasteiger partial charge in [-0.05, 0) is 24.3 Å². The van der Waals surface area contributed by atoms with Gasteiger partial charge in [0.15, 0.2) is 5.76 Å². The van der Waals surface area contributed by atoms with Crippen LogP contribution < -0.4 is 0 Å². The number of carbonyl (C=O) groups excluding carboxylic acids is 2. The van der Waals surface area contributed by atoms with Crippen molar-refractivity contribution in [3.63, 3.8) is 0 Å². The number of amides is 2. The Morgan fingerprint density at radius 3 is 2.46 bits per heavy atom. The molecule has 1 heterocycles. The summed E-state index contributed by atoms with van der Waals surface area (Å²) in [4.78, 5) is 25.6. The lowest BCUT2D eigenvalue weighted by Gasteiger charge is -2.23. The number of halogens is 4. The highest BCUT2D eigenvalue weighted by Crippen LogP contribution is 2.25. The molecule has 1 aromatic carbocycles. The molecule has 0 atom stereocenters. The first-order valence-electron chi connectivity index (χ1n) is 6.82. The Kier molecular flexibility index (Phi) is 5.08. The molecule has 2 aromatic rings. The minimum atomic E-state index is -4.64. The second-order valence-corrected chi connectivity index (χ2v) is 5.79. The van der Waals surface area contributed by atoms with Gasteiger partial charge in [-0.2, -0.15) is 13.2 Å². The Hall–Kier alpha value is -2.22. The van der Waals surface area contributed by atoms with Gasteiger partial charge >= 0.3 is 6.18 Å². The van der Waals surface area contributed by atoms with Crippen molar-refractivity contribution in [1.29, 1.82) is 0 Å². The van der Waals surface area contributed by atoms with Gasteiger partial charge in [-0.3, -0.25) is 9.59 Å². The third-order valence-corrected chi connectivity index (χ3v) is 3.41. The molecule has 0 saturated carbocycles. The Bertz CT molecular complexity index is 771.